The van der Waals surface area contributed by atoms with Crippen LogP contribution in [0.25, 0.3) is 0 Å². The van der Waals surface area contributed by atoms with Crippen LogP contribution < -0.4 is 9.47 Å². The zero-order chi connectivity index (χ0) is 14.6. The van der Waals surface area contributed by atoms with Crippen molar-refractivity contribution in [2.24, 2.45) is 5.92 Å². The van der Waals surface area contributed by atoms with E-state index in [4.69, 9.17) is 14.2 Å². The van der Waals surface area contributed by atoms with Crippen LogP contribution in [0.3, 0.4) is 0 Å². The second kappa shape index (κ2) is 7.12. The Morgan fingerprint density at radius 1 is 1.11 bits per heavy atom. The predicted molar refractivity (Wildman–Crippen MR) is 77.8 cm³/mol. The van der Waals surface area contributed by atoms with Gasteiger partial charge in [0.2, 0.25) is 0 Å². The Labute approximate surface area is 122 Å². The maximum Gasteiger partial charge on any atom is 0.142 e. The average Bonchev–Trinajstić information content (AvgIpc) is 2.38. The van der Waals surface area contributed by atoms with Gasteiger partial charge >= 0.3 is 0 Å². The number of rotatable bonds is 6. The molecule has 0 saturated carbocycles. The Balaban J connectivity index is 3.23. The highest BCUT2D eigenvalue weighted by atomic mass is 79.9. The van der Waals surface area contributed by atoms with E-state index in [1.54, 1.807) is 33.5 Å². The Morgan fingerprint density at radius 3 is 2.16 bits per heavy atom. The molecule has 2 unspecified atom stereocenters. The molecule has 0 spiro atoms. The zero-order valence-electron chi connectivity index (χ0n) is 11.9. The normalized spacial score (nSPS) is 14.3. The lowest BCUT2D eigenvalue weighted by Crippen LogP contribution is -2.26. The van der Waals surface area contributed by atoms with Gasteiger partial charge in [0.15, 0.2) is 0 Å². The third-order valence-electron chi connectivity index (χ3n) is 3.08. The Morgan fingerprint density at radius 2 is 1.74 bits per heavy atom. The van der Waals surface area contributed by atoms with Crippen molar-refractivity contribution in [3.8, 4) is 11.5 Å². The summed E-state index contributed by atoms with van der Waals surface area (Å²) in [6.07, 6.45) is -1.06. The molecule has 5 heteroatoms. The minimum absolute atomic E-state index is 0.186. The fraction of sp³-hybridized carbons (Fsp3) is 0.571. The number of halogens is 1. The summed E-state index contributed by atoms with van der Waals surface area (Å²) in [5, 5.41) is 10.5. The number of hydrogen-bond acceptors (Lipinski definition) is 4. The first-order valence-corrected chi connectivity index (χ1v) is 6.88. The van der Waals surface area contributed by atoms with Crippen molar-refractivity contribution in [2.75, 3.05) is 21.3 Å². The molecule has 0 fully saturated rings. The van der Waals surface area contributed by atoms with E-state index in [1.165, 1.54) is 0 Å². The third kappa shape index (κ3) is 3.41. The van der Waals surface area contributed by atoms with Crippen LogP contribution in [0, 0.1) is 5.92 Å². The van der Waals surface area contributed by atoms with Crippen LogP contribution in [0.5, 0.6) is 11.5 Å². The maximum atomic E-state index is 10.5. The van der Waals surface area contributed by atoms with Crippen LogP contribution in [0.4, 0.5) is 0 Å². The van der Waals surface area contributed by atoms with Crippen LogP contribution in [-0.2, 0) is 4.74 Å². The summed E-state index contributed by atoms with van der Waals surface area (Å²) >= 11 is 3.43. The Kier molecular flexibility index (Phi) is 6.10. The topological polar surface area (TPSA) is 47.9 Å². The van der Waals surface area contributed by atoms with Gasteiger partial charge in [0.05, 0.1) is 20.3 Å². The highest BCUT2D eigenvalue weighted by Crippen LogP contribution is 2.41. The average molecular weight is 333 g/mol. The first-order chi connectivity index (χ1) is 8.97. The lowest BCUT2D eigenvalue weighted by Gasteiger charge is -2.27. The van der Waals surface area contributed by atoms with E-state index in [2.05, 4.69) is 15.9 Å². The molecular weight excluding hydrogens is 312 g/mol. The van der Waals surface area contributed by atoms with Crippen molar-refractivity contribution >= 4 is 15.9 Å². The van der Waals surface area contributed by atoms with Gasteiger partial charge < -0.3 is 19.3 Å². The van der Waals surface area contributed by atoms with Crippen LogP contribution in [0.2, 0.25) is 0 Å². The monoisotopic (exact) mass is 332 g/mol. The molecule has 108 valence electrons. The molecule has 1 N–H and O–H groups in total. The number of methoxy groups -OCH3 is 3. The molecule has 0 aliphatic rings. The van der Waals surface area contributed by atoms with E-state index in [9.17, 15) is 5.11 Å². The number of aliphatic hydroxyl groups is 1. The lowest BCUT2D eigenvalue weighted by atomic mass is 9.95. The van der Waals surface area contributed by atoms with Crippen LogP contribution in [-0.4, -0.2) is 32.5 Å². The molecule has 19 heavy (non-hydrogen) atoms. The molecule has 1 aromatic carbocycles. The van der Waals surface area contributed by atoms with E-state index in [0.717, 1.165) is 0 Å². The van der Waals surface area contributed by atoms with E-state index < -0.39 is 6.10 Å². The minimum Gasteiger partial charge on any atom is -0.495 e. The summed E-state index contributed by atoms with van der Waals surface area (Å²) < 4.78 is 16.6. The summed E-state index contributed by atoms with van der Waals surface area (Å²) in [6, 6.07) is 3.58. The van der Waals surface area contributed by atoms with Gasteiger partial charge in [0.1, 0.15) is 22.1 Å². The SMILES string of the molecule is COc1ccc(C(O)C(OC)C(C)C)c(OC)c1Br. The molecule has 2 atom stereocenters. The van der Waals surface area contributed by atoms with Gasteiger partial charge in [-0.15, -0.1) is 0 Å². The van der Waals surface area contributed by atoms with Crippen molar-refractivity contribution < 1.29 is 19.3 Å². The Hall–Kier alpha value is -0.780. The molecule has 1 rings (SSSR count). The molecule has 4 nitrogen and oxygen atoms in total. The van der Waals surface area contributed by atoms with E-state index in [-0.39, 0.29) is 12.0 Å². The van der Waals surface area contributed by atoms with E-state index in [0.29, 0.717) is 21.5 Å². The van der Waals surface area contributed by atoms with Crippen molar-refractivity contribution in [3.05, 3.63) is 22.2 Å². The molecule has 0 amide bonds. The molecular formula is C14H21BrO4. The number of hydrogen-bond donors (Lipinski definition) is 1. The van der Waals surface area contributed by atoms with Crippen LogP contribution in [0.1, 0.15) is 25.5 Å². The van der Waals surface area contributed by atoms with Crippen LogP contribution >= 0.6 is 15.9 Å². The zero-order valence-corrected chi connectivity index (χ0v) is 13.5. The predicted octanol–water partition coefficient (Wildman–Crippen LogP) is 3.17. The first kappa shape index (κ1) is 16.3. The largest absolute Gasteiger partial charge is 0.495 e. The number of aliphatic hydroxyl groups excluding tert-OH is 1. The highest BCUT2D eigenvalue weighted by Gasteiger charge is 2.28. The molecule has 0 aromatic heterocycles. The van der Waals surface area contributed by atoms with Crippen molar-refractivity contribution in [3.63, 3.8) is 0 Å². The second-order valence-electron chi connectivity index (χ2n) is 4.59. The van der Waals surface area contributed by atoms with Gasteiger partial charge in [-0.05, 0) is 34.0 Å². The number of benzene rings is 1. The first-order valence-electron chi connectivity index (χ1n) is 6.09. The van der Waals surface area contributed by atoms with Gasteiger partial charge in [-0.25, -0.2) is 0 Å². The maximum absolute atomic E-state index is 10.5. The summed E-state index contributed by atoms with van der Waals surface area (Å²) in [6.45, 7) is 4.00. The smallest absolute Gasteiger partial charge is 0.142 e. The van der Waals surface area contributed by atoms with Crippen molar-refractivity contribution in [1.29, 1.82) is 0 Å². The third-order valence-corrected chi connectivity index (χ3v) is 3.83. The minimum atomic E-state index is -0.762. The van der Waals surface area contributed by atoms with Gasteiger partial charge in [-0.2, -0.15) is 0 Å². The van der Waals surface area contributed by atoms with Gasteiger partial charge in [-0.1, -0.05) is 13.8 Å². The molecule has 0 heterocycles. The lowest BCUT2D eigenvalue weighted by molar-refractivity contribution is -0.0399. The number of ether oxygens (including phenoxy) is 3. The molecule has 0 aliphatic heterocycles. The highest BCUT2D eigenvalue weighted by molar-refractivity contribution is 9.10. The van der Waals surface area contributed by atoms with E-state index >= 15 is 0 Å². The summed E-state index contributed by atoms with van der Waals surface area (Å²) in [7, 11) is 4.74. The molecule has 0 bridgehead atoms. The van der Waals surface area contributed by atoms with Gasteiger partial charge in [-0.3, -0.25) is 0 Å². The van der Waals surface area contributed by atoms with Crippen LogP contribution in [0.15, 0.2) is 16.6 Å². The summed E-state index contributed by atoms with van der Waals surface area (Å²) in [4.78, 5) is 0. The summed E-state index contributed by atoms with van der Waals surface area (Å²) in [5.41, 5.74) is 0.677. The molecule has 0 saturated heterocycles. The standard InChI is InChI=1S/C14H21BrO4/c1-8(2)13(18-4)12(16)9-6-7-10(17-3)11(15)14(9)19-5/h6-8,12-13,16H,1-5H3. The van der Waals surface area contributed by atoms with E-state index in [1.807, 2.05) is 13.8 Å². The Bertz CT molecular complexity index is 420. The molecule has 0 aliphatic carbocycles. The van der Waals surface area contributed by atoms with Crippen molar-refractivity contribution in [1.82, 2.24) is 0 Å². The fourth-order valence-electron chi connectivity index (χ4n) is 2.09. The quantitative estimate of drug-likeness (QED) is 0.869. The summed E-state index contributed by atoms with van der Waals surface area (Å²) in [5.74, 6) is 1.41. The second-order valence-corrected chi connectivity index (χ2v) is 5.39. The molecule has 0 radical (unpaired) electrons. The van der Waals surface area contributed by atoms with Gasteiger partial charge in [0, 0.05) is 12.7 Å². The fourth-order valence-corrected chi connectivity index (χ4v) is 2.78. The van der Waals surface area contributed by atoms with Crippen molar-refractivity contribution in [2.45, 2.75) is 26.1 Å². The molecule has 1 aromatic rings. The van der Waals surface area contributed by atoms with Gasteiger partial charge in [0.25, 0.3) is 0 Å².